The molecule has 1 aromatic heterocycles. The molecule has 1 heterocycles. The molecule has 0 fully saturated rings. The first-order chi connectivity index (χ1) is 7.74. The van der Waals surface area contributed by atoms with Crippen LogP contribution in [0.5, 0.6) is 11.6 Å². The lowest BCUT2D eigenvalue weighted by Gasteiger charge is -2.12. The molecule has 0 aliphatic carbocycles. The summed E-state index contributed by atoms with van der Waals surface area (Å²) in [6, 6.07) is 0.915. The number of nitrogens with zero attached hydrogens (tertiary/aromatic N) is 1. The van der Waals surface area contributed by atoms with Gasteiger partial charge in [0.05, 0.1) is 10.7 Å². The normalized spacial score (nSPS) is 11.2. The maximum absolute atomic E-state index is 12.1. The van der Waals surface area contributed by atoms with Crippen LogP contribution in [0, 0.1) is 3.57 Å². The molecule has 1 aromatic rings. The second-order valence-corrected chi connectivity index (χ2v) is 4.07. The van der Waals surface area contributed by atoms with Crippen molar-refractivity contribution in [1.82, 2.24) is 4.98 Å². The molecule has 0 radical (unpaired) electrons. The standard InChI is InChI=1S/C8H4ClF3INO3/c1-16-4-2-3(17-8(10,11)12)5(13)6(14-4)7(9)15/h2H,1H3. The van der Waals surface area contributed by atoms with Gasteiger partial charge in [-0.2, -0.15) is 0 Å². The van der Waals surface area contributed by atoms with Crippen LogP contribution >= 0.6 is 34.2 Å². The highest BCUT2D eigenvalue weighted by molar-refractivity contribution is 14.1. The van der Waals surface area contributed by atoms with Crippen molar-refractivity contribution in [2.45, 2.75) is 6.36 Å². The summed E-state index contributed by atoms with van der Waals surface area (Å²) in [5.41, 5.74) is -0.356. The van der Waals surface area contributed by atoms with Gasteiger partial charge in [-0.1, -0.05) is 0 Å². The summed E-state index contributed by atoms with van der Waals surface area (Å²) in [5.74, 6) is -0.789. The Morgan fingerprint density at radius 3 is 2.53 bits per heavy atom. The number of hydrogen-bond donors (Lipinski definition) is 0. The van der Waals surface area contributed by atoms with Crippen LogP contribution in [0.25, 0.3) is 0 Å². The fourth-order valence-corrected chi connectivity index (χ4v) is 1.85. The lowest BCUT2D eigenvalue weighted by atomic mass is 10.3. The van der Waals surface area contributed by atoms with E-state index in [1.165, 1.54) is 29.7 Å². The summed E-state index contributed by atoms with van der Waals surface area (Å²) in [7, 11) is 1.19. The van der Waals surface area contributed by atoms with E-state index in [0.717, 1.165) is 6.07 Å². The van der Waals surface area contributed by atoms with Crippen molar-refractivity contribution >= 4 is 39.4 Å². The fourth-order valence-electron chi connectivity index (χ4n) is 0.918. The van der Waals surface area contributed by atoms with Gasteiger partial charge in [0, 0.05) is 6.07 Å². The smallest absolute Gasteiger partial charge is 0.481 e. The second-order valence-electron chi connectivity index (χ2n) is 2.65. The monoisotopic (exact) mass is 381 g/mol. The van der Waals surface area contributed by atoms with E-state index in [4.69, 9.17) is 11.6 Å². The van der Waals surface area contributed by atoms with Gasteiger partial charge in [0.1, 0.15) is 5.69 Å². The Hall–Kier alpha value is -0.770. The number of carbonyl (C=O) groups excluding carboxylic acids is 1. The number of pyridine rings is 1. The first kappa shape index (κ1) is 14.3. The third-order valence-corrected chi connectivity index (χ3v) is 2.74. The van der Waals surface area contributed by atoms with E-state index in [0.29, 0.717) is 0 Å². The number of carbonyl (C=O) groups is 1. The predicted octanol–water partition coefficient (Wildman–Crippen LogP) is 2.97. The third-order valence-electron chi connectivity index (χ3n) is 1.52. The van der Waals surface area contributed by atoms with Crippen LogP contribution in [0.15, 0.2) is 6.07 Å². The van der Waals surface area contributed by atoms with Gasteiger partial charge >= 0.3 is 6.36 Å². The molecule has 0 N–H and O–H groups in total. The van der Waals surface area contributed by atoms with Crippen molar-refractivity contribution in [3.05, 3.63) is 15.3 Å². The quantitative estimate of drug-likeness (QED) is 0.597. The molecule has 0 amide bonds. The fraction of sp³-hybridized carbons (Fsp3) is 0.250. The van der Waals surface area contributed by atoms with Crippen LogP contribution in [0.1, 0.15) is 10.5 Å². The molecule has 9 heteroatoms. The largest absolute Gasteiger partial charge is 0.573 e. The van der Waals surface area contributed by atoms with E-state index >= 15 is 0 Å². The molecule has 0 spiro atoms. The zero-order valence-electron chi connectivity index (χ0n) is 8.14. The van der Waals surface area contributed by atoms with E-state index < -0.39 is 17.4 Å². The summed E-state index contributed by atoms with van der Waals surface area (Å²) in [4.78, 5) is 14.6. The van der Waals surface area contributed by atoms with Gasteiger partial charge in [-0.3, -0.25) is 4.79 Å². The summed E-state index contributed by atoms with van der Waals surface area (Å²) < 4.78 is 44.5. The average Bonchev–Trinajstić information content (AvgIpc) is 2.18. The number of ether oxygens (including phenoxy) is 2. The molecular weight excluding hydrogens is 377 g/mol. The molecule has 0 saturated carbocycles. The van der Waals surface area contributed by atoms with Crippen molar-refractivity contribution in [2.75, 3.05) is 7.11 Å². The molecule has 0 unspecified atom stereocenters. The zero-order valence-corrected chi connectivity index (χ0v) is 11.1. The van der Waals surface area contributed by atoms with E-state index in [1.54, 1.807) is 0 Å². The predicted molar refractivity (Wildman–Crippen MR) is 60.4 cm³/mol. The topological polar surface area (TPSA) is 48.4 Å². The number of halogens is 5. The Morgan fingerprint density at radius 1 is 1.53 bits per heavy atom. The minimum atomic E-state index is -4.88. The summed E-state index contributed by atoms with van der Waals surface area (Å²) >= 11 is 6.66. The molecule has 17 heavy (non-hydrogen) atoms. The lowest BCUT2D eigenvalue weighted by molar-refractivity contribution is -0.275. The Morgan fingerprint density at radius 2 is 2.12 bits per heavy atom. The Balaban J connectivity index is 3.29. The van der Waals surface area contributed by atoms with Crippen LogP contribution in [-0.4, -0.2) is 23.7 Å². The molecule has 4 nitrogen and oxygen atoms in total. The summed E-state index contributed by atoms with van der Waals surface area (Å²) in [6.07, 6.45) is -4.88. The van der Waals surface area contributed by atoms with Gasteiger partial charge < -0.3 is 9.47 Å². The highest BCUT2D eigenvalue weighted by Crippen LogP contribution is 2.32. The van der Waals surface area contributed by atoms with Crippen LogP contribution in [0.4, 0.5) is 13.2 Å². The van der Waals surface area contributed by atoms with Crippen molar-refractivity contribution in [2.24, 2.45) is 0 Å². The molecule has 0 aliphatic heterocycles. The molecule has 0 aromatic carbocycles. The van der Waals surface area contributed by atoms with Gasteiger partial charge in [-0.15, -0.1) is 13.2 Å². The van der Waals surface area contributed by atoms with Crippen LogP contribution in [0.3, 0.4) is 0 Å². The third kappa shape index (κ3) is 3.87. The Bertz CT molecular complexity index is 452. The highest BCUT2D eigenvalue weighted by atomic mass is 127. The maximum Gasteiger partial charge on any atom is 0.573 e. The number of hydrogen-bond acceptors (Lipinski definition) is 4. The van der Waals surface area contributed by atoms with Crippen LogP contribution < -0.4 is 9.47 Å². The number of rotatable bonds is 3. The number of alkyl halides is 3. The average molecular weight is 381 g/mol. The Kier molecular flexibility index (Phi) is 4.42. The molecule has 1 rings (SSSR count). The van der Waals surface area contributed by atoms with Crippen LogP contribution in [0.2, 0.25) is 0 Å². The van der Waals surface area contributed by atoms with Crippen molar-refractivity contribution in [1.29, 1.82) is 0 Å². The second kappa shape index (κ2) is 5.25. The number of aromatic nitrogens is 1. The molecule has 0 saturated heterocycles. The van der Waals surface area contributed by atoms with E-state index in [9.17, 15) is 18.0 Å². The maximum atomic E-state index is 12.1. The molecular formula is C8H4ClF3INO3. The zero-order chi connectivity index (χ0) is 13.2. The van der Waals surface area contributed by atoms with E-state index in [1.807, 2.05) is 0 Å². The summed E-state index contributed by atoms with van der Waals surface area (Å²) in [6.45, 7) is 0. The van der Waals surface area contributed by atoms with E-state index in [-0.39, 0.29) is 15.1 Å². The SMILES string of the molecule is COc1cc(OC(F)(F)F)c(I)c(C(=O)Cl)n1. The molecule has 0 bridgehead atoms. The van der Waals surface area contributed by atoms with Gasteiger partial charge in [0.15, 0.2) is 5.75 Å². The molecule has 0 atom stereocenters. The minimum absolute atomic E-state index is 0.138. The summed E-state index contributed by atoms with van der Waals surface area (Å²) in [5, 5.41) is -1.000. The van der Waals surface area contributed by atoms with Crippen molar-refractivity contribution < 1.29 is 27.4 Å². The van der Waals surface area contributed by atoms with Gasteiger partial charge in [0.25, 0.3) is 5.24 Å². The van der Waals surface area contributed by atoms with Gasteiger partial charge in [0.2, 0.25) is 5.88 Å². The Labute approximate surface area is 112 Å². The minimum Gasteiger partial charge on any atom is -0.481 e. The van der Waals surface area contributed by atoms with Gasteiger partial charge in [-0.05, 0) is 34.2 Å². The van der Waals surface area contributed by atoms with Gasteiger partial charge in [-0.25, -0.2) is 4.98 Å². The molecule has 0 aliphatic rings. The number of methoxy groups -OCH3 is 1. The first-order valence-corrected chi connectivity index (χ1v) is 5.40. The van der Waals surface area contributed by atoms with Crippen LogP contribution in [-0.2, 0) is 0 Å². The first-order valence-electron chi connectivity index (χ1n) is 3.94. The van der Waals surface area contributed by atoms with E-state index in [2.05, 4.69) is 14.5 Å². The highest BCUT2D eigenvalue weighted by Gasteiger charge is 2.33. The lowest BCUT2D eigenvalue weighted by Crippen LogP contribution is -2.19. The molecule has 94 valence electrons. The van der Waals surface area contributed by atoms with Crippen molar-refractivity contribution in [3.63, 3.8) is 0 Å². The van der Waals surface area contributed by atoms with Crippen molar-refractivity contribution in [3.8, 4) is 11.6 Å².